The van der Waals surface area contributed by atoms with E-state index in [2.05, 4.69) is 13.2 Å². The SMILES string of the molecule is C=CC(=C)CCCC(CC)OC(C)=O. The summed E-state index contributed by atoms with van der Waals surface area (Å²) < 4.78 is 5.12. The van der Waals surface area contributed by atoms with Crippen LogP contribution in [0.25, 0.3) is 0 Å². The minimum absolute atomic E-state index is 0.0603. The third kappa shape index (κ3) is 6.46. The molecule has 0 heterocycles. The molecule has 0 aromatic rings. The fourth-order valence-electron chi connectivity index (χ4n) is 1.24. The molecular weight excluding hydrogens is 176 g/mol. The van der Waals surface area contributed by atoms with E-state index in [-0.39, 0.29) is 12.1 Å². The smallest absolute Gasteiger partial charge is 0.302 e. The predicted molar refractivity (Wildman–Crippen MR) is 59.0 cm³/mol. The van der Waals surface area contributed by atoms with E-state index in [1.165, 1.54) is 6.92 Å². The van der Waals surface area contributed by atoms with Crippen molar-refractivity contribution < 1.29 is 9.53 Å². The quantitative estimate of drug-likeness (QED) is 0.461. The molecule has 2 nitrogen and oxygen atoms in total. The molecule has 0 aromatic carbocycles. The Labute approximate surface area is 86.6 Å². The average molecular weight is 196 g/mol. The Morgan fingerprint density at radius 3 is 2.64 bits per heavy atom. The lowest BCUT2D eigenvalue weighted by Gasteiger charge is -2.14. The van der Waals surface area contributed by atoms with Gasteiger partial charge < -0.3 is 4.74 Å². The summed E-state index contributed by atoms with van der Waals surface area (Å²) in [6.07, 6.45) is 5.54. The molecule has 0 amide bonds. The first-order chi connectivity index (χ1) is 6.60. The maximum absolute atomic E-state index is 10.7. The van der Waals surface area contributed by atoms with Gasteiger partial charge in [-0.2, -0.15) is 0 Å². The van der Waals surface area contributed by atoms with Crippen molar-refractivity contribution in [1.82, 2.24) is 0 Å². The van der Waals surface area contributed by atoms with E-state index >= 15 is 0 Å². The van der Waals surface area contributed by atoms with Crippen LogP contribution in [0, 0.1) is 0 Å². The second-order valence-corrected chi connectivity index (χ2v) is 3.39. The van der Waals surface area contributed by atoms with Gasteiger partial charge in [-0.25, -0.2) is 0 Å². The molecule has 2 heteroatoms. The van der Waals surface area contributed by atoms with E-state index < -0.39 is 0 Å². The van der Waals surface area contributed by atoms with E-state index in [1.807, 2.05) is 6.92 Å². The van der Waals surface area contributed by atoms with E-state index in [1.54, 1.807) is 6.08 Å². The van der Waals surface area contributed by atoms with Gasteiger partial charge in [-0.15, -0.1) is 0 Å². The van der Waals surface area contributed by atoms with Crippen LogP contribution in [0.1, 0.15) is 39.5 Å². The normalized spacial score (nSPS) is 11.9. The molecule has 0 fully saturated rings. The molecule has 0 aliphatic rings. The van der Waals surface area contributed by atoms with Crippen molar-refractivity contribution in [2.75, 3.05) is 0 Å². The molecule has 0 rings (SSSR count). The third-order valence-corrected chi connectivity index (χ3v) is 2.10. The van der Waals surface area contributed by atoms with E-state index in [4.69, 9.17) is 4.74 Å². The van der Waals surface area contributed by atoms with Gasteiger partial charge in [0.25, 0.3) is 0 Å². The molecule has 0 aliphatic heterocycles. The molecule has 0 radical (unpaired) electrons. The van der Waals surface area contributed by atoms with Gasteiger partial charge in [-0.1, -0.05) is 31.7 Å². The van der Waals surface area contributed by atoms with E-state index in [0.29, 0.717) is 0 Å². The molecule has 0 aliphatic carbocycles. The maximum atomic E-state index is 10.7. The standard InChI is InChI=1S/C12H20O2/c1-5-10(3)8-7-9-12(6-2)14-11(4)13/h5,12H,1,3,6-9H2,2,4H3. The Balaban J connectivity index is 3.67. The number of rotatable bonds is 7. The number of esters is 1. The zero-order valence-electron chi connectivity index (χ0n) is 9.21. The van der Waals surface area contributed by atoms with Crippen LogP contribution in [0.3, 0.4) is 0 Å². The second kappa shape index (κ2) is 7.36. The van der Waals surface area contributed by atoms with Crippen molar-refractivity contribution in [1.29, 1.82) is 0 Å². The first-order valence-electron chi connectivity index (χ1n) is 5.07. The topological polar surface area (TPSA) is 26.3 Å². The molecular formula is C12H20O2. The van der Waals surface area contributed by atoms with Gasteiger partial charge in [0.1, 0.15) is 6.10 Å². The van der Waals surface area contributed by atoms with Gasteiger partial charge in [0.2, 0.25) is 0 Å². The Morgan fingerprint density at radius 1 is 1.57 bits per heavy atom. The van der Waals surface area contributed by atoms with Gasteiger partial charge in [0.15, 0.2) is 0 Å². The maximum Gasteiger partial charge on any atom is 0.302 e. The molecule has 0 aromatic heterocycles. The minimum Gasteiger partial charge on any atom is -0.463 e. The fraction of sp³-hybridized carbons (Fsp3) is 0.583. The molecule has 1 atom stereocenters. The van der Waals surface area contributed by atoms with Crippen LogP contribution >= 0.6 is 0 Å². The zero-order valence-corrected chi connectivity index (χ0v) is 9.21. The summed E-state index contributed by atoms with van der Waals surface area (Å²) in [5, 5.41) is 0. The van der Waals surface area contributed by atoms with Crippen molar-refractivity contribution in [3.8, 4) is 0 Å². The predicted octanol–water partition coefficient (Wildman–Crippen LogP) is 3.24. The number of ether oxygens (including phenoxy) is 1. The van der Waals surface area contributed by atoms with Gasteiger partial charge in [-0.05, 0) is 25.7 Å². The summed E-state index contributed by atoms with van der Waals surface area (Å²) >= 11 is 0. The zero-order chi connectivity index (χ0) is 11.0. The van der Waals surface area contributed by atoms with Crippen molar-refractivity contribution in [3.63, 3.8) is 0 Å². The fourth-order valence-corrected chi connectivity index (χ4v) is 1.24. The Morgan fingerprint density at radius 2 is 2.21 bits per heavy atom. The lowest BCUT2D eigenvalue weighted by molar-refractivity contribution is -0.146. The highest BCUT2D eigenvalue weighted by Crippen LogP contribution is 2.12. The Kier molecular flexibility index (Phi) is 6.81. The highest BCUT2D eigenvalue weighted by atomic mass is 16.5. The monoisotopic (exact) mass is 196 g/mol. The highest BCUT2D eigenvalue weighted by molar-refractivity contribution is 5.66. The lowest BCUT2D eigenvalue weighted by atomic mass is 10.1. The lowest BCUT2D eigenvalue weighted by Crippen LogP contribution is -2.14. The third-order valence-electron chi connectivity index (χ3n) is 2.10. The van der Waals surface area contributed by atoms with Crippen molar-refractivity contribution in [2.45, 2.75) is 45.6 Å². The molecule has 14 heavy (non-hydrogen) atoms. The van der Waals surface area contributed by atoms with E-state index in [0.717, 1.165) is 31.3 Å². The summed E-state index contributed by atoms with van der Waals surface area (Å²) in [4.78, 5) is 10.7. The number of hydrogen-bond acceptors (Lipinski definition) is 2. The summed E-state index contributed by atoms with van der Waals surface area (Å²) in [5.41, 5.74) is 1.04. The summed E-state index contributed by atoms with van der Waals surface area (Å²) in [7, 11) is 0. The molecule has 80 valence electrons. The van der Waals surface area contributed by atoms with Crippen molar-refractivity contribution in [3.05, 3.63) is 24.8 Å². The van der Waals surface area contributed by atoms with Crippen LogP contribution in [0.5, 0.6) is 0 Å². The van der Waals surface area contributed by atoms with E-state index in [9.17, 15) is 4.79 Å². The molecule has 0 spiro atoms. The largest absolute Gasteiger partial charge is 0.463 e. The number of allylic oxidation sites excluding steroid dienone is 2. The molecule has 0 bridgehead atoms. The van der Waals surface area contributed by atoms with Crippen LogP contribution < -0.4 is 0 Å². The molecule has 0 saturated heterocycles. The molecule has 1 unspecified atom stereocenters. The molecule has 0 saturated carbocycles. The Bertz CT molecular complexity index is 206. The summed E-state index contributed by atoms with van der Waals surface area (Å²) in [6.45, 7) is 10.9. The minimum atomic E-state index is -0.195. The number of hydrogen-bond donors (Lipinski definition) is 0. The van der Waals surface area contributed by atoms with Gasteiger partial charge in [0, 0.05) is 6.92 Å². The second-order valence-electron chi connectivity index (χ2n) is 3.39. The highest BCUT2D eigenvalue weighted by Gasteiger charge is 2.08. The molecule has 0 N–H and O–H groups in total. The number of carbonyl (C=O) groups is 1. The van der Waals surface area contributed by atoms with Gasteiger partial charge in [-0.3, -0.25) is 4.79 Å². The van der Waals surface area contributed by atoms with Gasteiger partial charge >= 0.3 is 5.97 Å². The van der Waals surface area contributed by atoms with Crippen LogP contribution in [0.2, 0.25) is 0 Å². The Hall–Kier alpha value is -1.05. The summed E-state index contributed by atoms with van der Waals surface area (Å²) in [5.74, 6) is -0.195. The van der Waals surface area contributed by atoms with Crippen molar-refractivity contribution >= 4 is 5.97 Å². The van der Waals surface area contributed by atoms with Crippen LogP contribution in [0.15, 0.2) is 24.8 Å². The van der Waals surface area contributed by atoms with Crippen LogP contribution in [0.4, 0.5) is 0 Å². The first kappa shape index (κ1) is 12.9. The number of carbonyl (C=O) groups excluding carboxylic acids is 1. The average Bonchev–Trinajstić information content (AvgIpc) is 2.15. The van der Waals surface area contributed by atoms with Crippen LogP contribution in [-0.2, 0) is 9.53 Å². The summed E-state index contributed by atoms with van der Waals surface area (Å²) in [6, 6.07) is 0. The van der Waals surface area contributed by atoms with Crippen molar-refractivity contribution in [2.24, 2.45) is 0 Å². The van der Waals surface area contributed by atoms with Gasteiger partial charge in [0.05, 0.1) is 0 Å². The van der Waals surface area contributed by atoms with Crippen LogP contribution in [-0.4, -0.2) is 12.1 Å². The first-order valence-corrected chi connectivity index (χ1v) is 5.07.